The number of hydroxylamine groups is 1. The molecule has 0 spiro atoms. The molecule has 4 aromatic rings. The van der Waals surface area contributed by atoms with Crippen LogP contribution in [0.5, 0.6) is 11.5 Å². The number of fused-ring (bicyclic) bond motifs is 3. The summed E-state index contributed by atoms with van der Waals surface area (Å²) in [5, 5.41) is 14.2. The predicted molar refractivity (Wildman–Crippen MR) is 156 cm³/mol. The van der Waals surface area contributed by atoms with Crippen LogP contribution in [0.1, 0.15) is 37.8 Å². The van der Waals surface area contributed by atoms with Crippen LogP contribution < -0.4 is 15.2 Å². The van der Waals surface area contributed by atoms with Gasteiger partial charge in [0, 0.05) is 29.1 Å². The van der Waals surface area contributed by atoms with Crippen molar-refractivity contribution in [3.8, 4) is 22.8 Å². The first-order valence-electron chi connectivity index (χ1n) is 13.7. The molecule has 40 heavy (non-hydrogen) atoms. The van der Waals surface area contributed by atoms with Crippen LogP contribution in [0, 0.1) is 11.1 Å². The maximum Gasteiger partial charge on any atom is 0.348 e. The number of aryl methyl sites for hydroxylation is 1. The van der Waals surface area contributed by atoms with Gasteiger partial charge in [-0.3, -0.25) is 4.57 Å². The van der Waals surface area contributed by atoms with Gasteiger partial charge >= 0.3 is 5.69 Å². The molecule has 2 aliphatic rings. The Hall–Kier alpha value is -4.04. The topological polar surface area (TPSA) is 84.3 Å². The number of nitrogens with zero attached hydrogens (tertiary/aromatic N) is 4. The molecule has 0 fully saturated rings. The van der Waals surface area contributed by atoms with Gasteiger partial charge in [-0.1, -0.05) is 41.9 Å². The highest BCUT2D eigenvalue weighted by Gasteiger charge is 2.31. The van der Waals surface area contributed by atoms with Crippen molar-refractivity contribution in [3.05, 3.63) is 92.9 Å². The Bertz CT molecular complexity index is 1670. The van der Waals surface area contributed by atoms with E-state index in [-0.39, 0.29) is 11.6 Å². The van der Waals surface area contributed by atoms with Crippen molar-refractivity contribution < 1.29 is 14.2 Å². The zero-order chi connectivity index (χ0) is 27.6. The average Bonchev–Trinajstić information content (AvgIpc) is 3.21. The van der Waals surface area contributed by atoms with Crippen molar-refractivity contribution in [1.82, 2.24) is 14.1 Å². The Balaban J connectivity index is 1.16. The van der Waals surface area contributed by atoms with Crippen LogP contribution in [0.25, 0.3) is 22.2 Å². The Labute approximate surface area is 237 Å². The van der Waals surface area contributed by atoms with E-state index in [0.717, 1.165) is 71.2 Å². The third-order valence-electron chi connectivity index (χ3n) is 7.71. The molecule has 1 aliphatic heterocycles. The molecule has 6 rings (SSSR count). The molecule has 0 saturated carbocycles. The second-order valence-corrected chi connectivity index (χ2v) is 10.7. The number of hydrogen-bond acceptors (Lipinski definition) is 5. The minimum atomic E-state index is -0.290. The lowest BCUT2D eigenvalue weighted by atomic mass is 9.92. The molecule has 206 valence electrons. The third kappa shape index (κ3) is 4.99. The Morgan fingerprint density at radius 3 is 2.85 bits per heavy atom. The zero-order valence-electron chi connectivity index (χ0n) is 22.4. The first-order valence-corrected chi connectivity index (χ1v) is 14.1. The largest absolute Gasteiger partial charge is 0.618 e. The number of aromatic nitrogens is 3. The van der Waals surface area contributed by atoms with Crippen molar-refractivity contribution in [2.75, 3.05) is 13.7 Å². The first-order chi connectivity index (χ1) is 19.5. The minimum Gasteiger partial charge on any atom is -0.618 e. The molecule has 0 saturated heterocycles. The van der Waals surface area contributed by atoms with E-state index >= 15 is 0 Å². The third-order valence-corrected chi connectivity index (χ3v) is 7.94. The molecule has 1 atom stereocenters. The molecule has 0 radical (unpaired) electrons. The predicted octanol–water partition coefficient (Wildman–Crippen LogP) is 6.01. The van der Waals surface area contributed by atoms with E-state index in [1.54, 1.807) is 24.0 Å². The Morgan fingerprint density at radius 1 is 1.18 bits per heavy atom. The monoisotopic (exact) mass is 558 g/mol. The van der Waals surface area contributed by atoms with Gasteiger partial charge in [0.05, 0.1) is 37.0 Å². The normalized spacial score (nSPS) is 16.5. The summed E-state index contributed by atoms with van der Waals surface area (Å²) in [6.45, 7) is 1.67. The molecule has 8 nitrogen and oxygen atoms in total. The van der Waals surface area contributed by atoms with E-state index in [1.807, 2.05) is 48.7 Å². The van der Waals surface area contributed by atoms with E-state index in [4.69, 9.17) is 21.1 Å². The summed E-state index contributed by atoms with van der Waals surface area (Å²) in [6, 6.07) is 15.2. The van der Waals surface area contributed by atoms with Crippen LogP contribution >= 0.6 is 11.6 Å². The molecule has 0 bridgehead atoms. The van der Waals surface area contributed by atoms with Gasteiger partial charge in [0.2, 0.25) is 6.21 Å². The molecule has 9 heteroatoms. The fraction of sp³-hybridized carbons (Fsp3) is 0.323. The summed E-state index contributed by atoms with van der Waals surface area (Å²) in [4.78, 5) is 17.5. The van der Waals surface area contributed by atoms with Gasteiger partial charge in [-0.05, 0) is 56.4 Å². The molecule has 0 unspecified atom stereocenters. The van der Waals surface area contributed by atoms with Crippen LogP contribution in [0.4, 0.5) is 0 Å². The molecule has 0 amide bonds. The minimum absolute atomic E-state index is 0.193. The quantitative estimate of drug-likeness (QED) is 0.150. The zero-order valence-corrected chi connectivity index (χ0v) is 23.1. The second kappa shape index (κ2) is 11.2. The number of allylic oxidation sites excluding steroid dienone is 2. The standard InChI is InChI=1S/C31H31ClN4O4/c1-39-30-27-19-36(38)25-12-6-5-11-22(25)18-34(27)20-28(30)40-16-8-7-15-35-26-14-13-23(32)17-24(26)29(33-31(35)37)21-9-3-2-4-10-21/h2-4,9-10,12-14,17,19-20,22H,5-8,11,15-16,18H2,1H3/t22-/m0/s1. The highest BCUT2D eigenvalue weighted by atomic mass is 35.5. The van der Waals surface area contributed by atoms with Crippen molar-refractivity contribution >= 4 is 28.7 Å². The van der Waals surface area contributed by atoms with Crippen LogP contribution in [0.3, 0.4) is 0 Å². The molecule has 2 aromatic heterocycles. The van der Waals surface area contributed by atoms with E-state index in [9.17, 15) is 10.0 Å². The fourth-order valence-electron chi connectivity index (χ4n) is 5.76. The van der Waals surface area contributed by atoms with Crippen molar-refractivity contribution in [3.63, 3.8) is 0 Å². The highest BCUT2D eigenvalue weighted by molar-refractivity contribution is 6.31. The van der Waals surface area contributed by atoms with E-state index in [1.165, 1.54) is 0 Å². The van der Waals surface area contributed by atoms with E-state index in [2.05, 4.69) is 15.6 Å². The molecule has 2 aromatic carbocycles. The SMILES string of the molecule is COc1c(OCCCCn2c(=O)nc(-c3ccccc3)c3cc(Cl)ccc32)cn2c1C=[N+]([O-])C1=CCCC[C@H]1C2. The number of halogens is 1. The molecule has 0 N–H and O–H groups in total. The van der Waals surface area contributed by atoms with E-state index in [0.29, 0.717) is 35.4 Å². The summed E-state index contributed by atoms with van der Waals surface area (Å²) in [6.07, 6.45) is 10.1. The van der Waals surface area contributed by atoms with E-state index < -0.39 is 0 Å². The van der Waals surface area contributed by atoms with Crippen molar-refractivity contribution in [2.45, 2.75) is 45.2 Å². The number of methoxy groups -OCH3 is 1. The maximum atomic E-state index is 13.1. The summed E-state index contributed by atoms with van der Waals surface area (Å²) in [5.74, 6) is 1.38. The Kier molecular flexibility index (Phi) is 7.34. The van der Waals surface area contributed by atoms with Gasteiger partial charge in [-0.2, -0.15) is 9.72 Å². The summed E-state index contributed by atoms with van der Waals surface area (Å²) < 4.78 is 16.5. The second-order valence-electron chi connectivity index (χ2n) is 10.3. The number of unbranched alkanes of at least 4 members (excludes halogenated alkanes) is 1. The van der Waals surface area contributed by atoms with Gasteiger partial charge in [0.1, 0.15) is 0 Å². The van der Waals surface area contributed by atoms with Gasteiger partial charge < -0.3 is 19.2 Å². The number of benzene rings is 2. The fourth-order valence-corrected chi connectivity index (χ4v) is 5.94. The number of ether oxygens (including phenoxy) is 2. The Morgan fingerprint density at radius 2 is 2.02 bits per heavy atom. The van der Waals surface area contributed by atoms with Crippen molar-refractivity contribution in [2.24, 2.45) is 5.92 Å². The summed E-state index contributed by atoms with van der Waals surface area (Å²) >= 11 is 6.32. The molecule has 1 aliphatic carbocycles. The van der Waals surface area contributed by atoms with Gasteiger partial charge in [0.25, 0.3) is 0 Å². The van der Waals surface area contributed by atoms with Gasteiger partial charge in [0.15, 0.2) is 22.9 Å². The average molecular weight is 559 g/mol. The maximum absolute atomic E-state index is 13.1. The lowest BCUT2D eigenvalue weighted by molar-refractivity contribution is -0.406. The highest BCUT2D eigenvalue weighted by Crippen LogP contribution is 2.37. The van der Waals surface area contributed by atoms with Crippen LogP contribution in [-0.2, 0) is 13.1 Å². The van der Waals surface area contributed by atoms with Gasteiger partial charge in [-0.25, -0.2) is 4.79 Å². The number of hydrogen-bond donors (Lipinski definition) is 0. The first kappa shape index (κ1) is 26.2. The lowest BCUT2D eigenvalue weighted by Gasteiger charge is -2.20. The van der Waals surface area contributed by atoms with Crippen LogP contribution in [-0.4, -0.2) is 38.8 Å². The lowest BCUT2D eigenvalue weighted by Crippen LogP contribution is -2.24. The molecular formula is C31H31ClN4O4. The number of rotatable bonds is 8. The van der Waals surface area contributed by atoms with Crippen molar-refractivity contribution in [1.29, 1.82) is 0 Å². The van der Waals surface area contributed by atoms with Gasteiger partial charge in [-0.15, -0.1) is 0 Å². The molecular weight excluding hydrogens is 528 g/mol. The van der Waals surface area contributed by atoms with Crippen LogP contribution in [0.2, 0.25) is 5.02 Å². The van der Waals surface area contributed by atoms with Crippen LogP contribution in [0.15, 0.2) is 71.3 Å². The molecule has 3 heterocycles. The summed E-state index contributed by atoms with van der Waals surface area (Å²) in [7, 11) is 1.60. The summed E-state index contributed by atoms with van der Waals surface area (Å²) in [5.41, 5.74) is 3.59. The smallest absolute Gasteiger partial charge is 0.348 e.